The SMILES string of the molecule is C=CCn1c(SCC(=O)Nc2c(C)n(C)n(-c3ccccc3)c2=O)nnc1-c1csc(C)c1. The number of benzene rings is 1. The van der Waals surface area contributed by atoms with Gasteiger partial charge in [0.25, 0.3) is 5.56 Å². The van der Waals surface area contributed by atoms with Crippen LogP contribution in [-0.4, -0.2) is 35.8 Å². The second-order valence-corrected chi connectivity index (χ2v) is 9.48. The summed E-state index contributed by atoms with van der Waals surface area (Å²) in [6.45, 7) is 8.20. The molecule has 10 heteroatoms. The molecule has 0 unspecified atom stereocenters. The fourth-order valence-electron chi connectivity index (χ4n) is 3.48. The van der Waals surface area contributed by atoms with Crippen molar-refractivity contribution in [1.82, 2.24) is 24.1 Å². The number of nitrogens with zero attached hydrogens (tertiary/aromatic N) is 5. The first kappa shape index (κ1) is 22.8. The number of rotatable bonds is 8. The number of carbonyl (C=O) groups excluding carboxylic acids is 1. The van der Waals surface area contributed by atoms with E-state index in [4.69, 9.17) is 0 Å². The highest BCUT2D eigenvalue weighted by molar-refractivity contribution is 7.99. The maximum absolute atomic E-state index is 13.0. The lowest BCUT2D eigenvalue weighted by molar-refractivity contribution is -0.113. The van der Waals surface area contributed by atoms with Gasteiger partial charge < -0.3 is 5.32 Å². The Morgan fingerprint density at radius 2 is 2.00 bits per heavy atom. The maximum atomic E-state index is 13.0. The molecule has 0 fully saturated rings. The average molecular weight is 481 g/mol. The van der Waals surface area contributed by atoms with E-state index >= 15 is 0 Å². The fourth-order valence-corrected chi connectivity index (χ4v) is 4.91. The molecular weight excluding hydrogens is 456 g/mol. The van der Waals surface area contributed by atoms with Crippen LogP contribution in [0.3, 0.4) is 0 Å². The van der Waals surface area contributed by atoms with Crippen LogP contribution in [-0.2, 0) is 18.4 Å². The van der Waals surface area contributed by atoms with Crippen LogP contribution in [0.4, 0.5) is 5.69 Å². The van der Waals surface area contributed by atoms with Crippen molar-refractivity contribution < 1.29 is 4.79 Å². The zero-order chi connectivity index (χ0) is 23.5. The molecule has 0 saturated carbocycles. The van der Waals surface area contributed by atoms with E-state index in [0.717, 1.165) is 17.1 Å². The van der Waals surface area contributed by atoms with E-state index in [1.807, 2.05) is 47.2 Å². The van der Waals surface area contributed by atoms with Crippen LogP contribution >= 0.6 is 23.1 Å². The van der Waals surface area contributed by atoms with Gasteiger partial charge in [0.1, 0.15) is 5.69 Å². The minimum atomic E-state index is -0.285. The van der Waals surface area contributed by atoms with Gasteiger partial charge in [0.05, 0.1) is 17.1 Å². The number of hydrogen-bond donors (Lipinski definition) is 1. The van der Waals surface area contributed by atoms with Gasteiger partial charge in [0.15, 0.2) is 11.0 Å². The van der Waals surface area contributed by atoms with Crippen molar-refractivity contribution in [3.05, 3.63) is 75.4 Å². The minimum Gasteiger partial charge on any atom is -0.319 e. The zero-order valence-electron chi connectivity index (χ0n) is 18.6. The summed E-state index contributed by atoms with van der Waals surface area (Å²) in [4.78, 5) is 26.9. The minimum absolute atomic E-state index is 0.0943. The Hall–Kier alpha value is -3.37. The summed E-state index contributed by atoms with van der Waals surface area (Å²) < 4.78 is 5.20. The molecule has 8 nitrogen and oxygen atoms in total. The van der Waals surface area contributed by atoms with Gasteiger partial charge in [-0.25, -0.2) is 4.68 Å². The molecule has 0 spiro atoms. The van der Waals surface area contributed by atoms with Gasteiger partial charge >= 0.3 is 0 Å². The number of anilines is 1. The van der Waals surface area contributed by atoms with Crippen molar-refractivity contribution in [3.8, 4) is 17.1 Å². The van der Waals surface area contributed by atoms with Gasteiger partial charge in [-0.1, -0.05) is 36.0 Å². The molecule has 0 aliphatic carbocycles. The number of thioether (sulfide) groups is 1. The molecule has 4 rings (SSSR count). The molecule has 170 valence electrons. The largest absolute Gasteiger partial charge is 0.319 e. The molecule has 0 atom stereocenters. The van der Waals surface area contributed by atoms with Gasteiger partial charge in [-0.15, -0.1) is 28.1 Å². The predicted molar refractivity (Wildman–Crippen MR) is 133 cm³/mol. The zero-order valence-corrected chi connectivity index (χ0v) is 20.2. The van der Waals surface area contributed by atoms with Crippen molar-refractivity contribution in [2.24, 2.45) is 7.05 Å². The van der Waals surface area contributed by atoms with E-state index in [2.05, 4.69) is 28.2 Å². The second-order valence-electron chi connectivity index (χ2n) is 7.42. The topological polar surface area (TPSA) is 86.7 Å². The Balaban J connectivity index is 1.51. The van der Waals surface area contributed by atoms with Gasteiger partial charge in [0, 0.05) is 29.4 Å². The first-order valence-corrected chi connectivity index (χ1v) is 12.1. The Bertz CT molecular complexity index is 1360. The molecular formula is C23H24N6O2S2. The smallest absolute Gasteiger partial charge is 0.295 e. The predicted octanol–water partition coefficient (Wildman–Crippen LogP) is 4.03. The quantitative estimate of drug-likeness (QED) is 0.304. The Kier molecular flexibility index (Phi) is 6.66. The third-order valence-electron chi connectivity index (χ3n) is 5.17. The molecule has 1 N–H and O–H groups in total. The highest BCUT2D eigenvalue weighted by Gasteiger charge is 2.20. The lowest BCUT2D eigenvalue weighted by atomic mass is 10.3. The number of amides is 1. The standard InChI is InChI=1S/C23H24N6O2S2/c1-5-11-28-21(17-12-15(2)32-13-17)25-26-23(28)33-14-19(30)24-20-16(3)27(4)29(22(20)31)18-9-7-6-8-10-18/h5-10,12-13H,1,11,14H2,2-4H3,(H,24,30). The molecule has 1 aromatic carbocycles. The van der Waals surface area contributed by atoms with Crippen molar-refractivity contribution in [2.75, 3.05) is 11.1 Å². The molecule has 3 heterocycles. The molecule has 4 aromatic rings. The second kappa shape index (κ2) is 9.63. The molecule has 33 heavy (non-hydrogen) atoms. The highest BCUT2D eigenvalue weighted by atomic mass is 32.2. The van der Waals surface area contributed by atoms with Crippen LogP contribution in [0.2, 0.25) is 0 Å². The third-order valence-corrected chi connectivity index (χ3v) is 7.00. The van der Waals surface area contributed by atoms with Crippen molar-refractivity contribution in [3.63, 3.8) is 0 Å². The highest BCUT2D eigenvalue weighted by Crippen LogP contribution is 2.27. The van der Waals surface area contributed by atoms with E-state index in [-0.39, 0.29) is 22.9 Å². The number of nitrogens with one attached hydrogen (secondary N) is 1. The molecule has 0 aliphatic heterocycles. The van der Waals surface area contributed by atoms with Crippen molar-refractivity contribution in [2.45, 2.75) is 25.5 Å². The summed E-state index contributed by atoms with van der Waals surface area (Å²) in [5.41, 5.74) is 2.40. The molecule has 0 bridgehead atoms. The molecule has 0 saturated heterocycles. The summed E-state index contributed by atoms with van der Waals surface area (Å²) >= 11 is 2.92. The number of allylic oxidation sites excluding steroid dienone is 1. The van der Waals surface area contributed by atoms with E-state index in [0.29, 0.717) is 17.4 Å². The first-order valence-electron chi connectivity index (χ1n) is 10.3. The van der Waals surface area contributed by atoms with E-state index in [9.17, 15) is 9.59 Å². The number of hydrogen-bond acceptors (Lipinski definition) is 6. The van der Waals surface area contributed by atoms with E-state index in [1.54, 1.807) is 36.1 Å². The number of aryl methyl sites for hydroxylation is 1. The molecule has 1 amide bonds. The van der Waals surface area contributed by atoms with Crippen molar-refractivity contribution >= 4 is 34.7 Å². The van der Waals surface area contributed by atoms with Crippen LogP contribution in [0.25, 0.3) is 17.1 Å². The Labute approximate surface area is 199 Å². The van der Waals surface area contributed by atoms with Gasteiger partial charge in [-0.3, -0.25) is 18.8 Å². The Morgan fingerprint density at radius 3 is 2.67 bits per heavy atom. The number of aromatic nitrogens is 5. The average Bonchev–Trinajstić information content (AvgIpc) is 3.47. The van der Waals surface area contributed by atoms with Crippen LogP contribution < -0.4 is 10.9 Å². The first-order chi connectivity index (χ1) is 15.9. The maximum Gasteiger partial charge on any atom is 0.295 e. The summed E-state index contributed by atoms with van der Waals surface area (Å²) in [6, 6.07) is 11.4. The Morgan fingerprint density at radius 1 is 1.24 bits per heavy atom. The van der Waals surface area contributed by atoms with Gasteiger partial charge in [0.2, 0.25) is 5.91 Å². The summed E-state index contributed by atoms with van der Waals surface area (Å²) in [5.74, 6) is 0.552. The van der Waals surface area contributed by atoms with Crippen LogP contribution in [0.15, 0.2) is 64.4 Å². The number of thiophene rings is 1. The van der Waals surface area contributed by atoms with Crippen LogP contribution in [0, 0.1) is 13.8 Å². The van der Waals surface area contributed by atoms with E-state index < -0.39 is 0 Å². The summed E-state index contributed by atoms with van der Waals surface area (Å²) in [7, 11) is 1.79. The van der Waals surface area contributed by atoms with Crippen molar-refractivity contribution in [1.29, 1.82) is 0 Å². The molecule has 0 aliphatic rings. The lowest BCUT2D eigenvalue weighted by Crippen LogP contribution is -2.23. The van der Waals surface area contributed by atoms with Gasteiger partial charge in [-0.2, -0.15) is 0 Å². The third kappa shape index (κ3) is 4.57. The fraction of sp³-hybridized carbons (Fsp3) is 0.217. The summed E-state index contributed by atoms with van der Waals surface area (Å²) in [6.07, 6.45) is 1.77. The van der Waals surface area contributed by atoms with Crippen LogP contribution in [0.5, 0.6) is 0 Å². The normalized spacial score (nSPS) is 11.0. The molecule has 3 aromatic heterocycles. The lowest BCUT2D eigenvalue weighted by Gasteiger charge is -2.07. The number of carbonyl (C=O) groups is 1. The van der Waals surface area contributed by atoms with E-state index in [1.165, 1.54) is 21.3 Å². The van der Waals surface area contributed by atoms with Crippen LogP contribution in [0.1, 0.15) is 10.6 Å². The number of para-hydroxylation sites is 1. The van der Waals surface area contributed by atoms with Gasteiger partial charge in [-0.05, 0) is 32.0 Å². The monoisotopic (exact) mass is 480 g/mol. The summed E-state index contributed by atoms with van der Waals surface area (Å²) in [5, 5.41) is 14.0. The molecule has 0 radical (unpaired) electrons.